The van der Waals surface area contributed by atoms with E-state index in [4.69, 9.17) is 23.2 Å². The van der Waals surface area contributed by atoms with Crippen LogP contribution in [0.15, 0.2) is 65.6 Å². The van der Waals surface area contributed by atoms with Crippen LogP contribution >= 0.6 is 23.2 Å². The molecule has 1 atom stereocenters. The first kappa shape index (κ1) is 25.1. The molecule has 1 amide bonds. The third-order valence-corrected chi connectivity index (χ3v) is 7.70. The molecule has 0 saturated carbocycles. The predicted octanol–water partition coefficient (Wildman–Crippen LogP) is 5.99. The van der Waals surface area contributed by atoms with E-state index in [0.29, 0.717) is 0 Å². The van der Waals surface area contributed by atoms with Crippen molar-refractivity contribution in [1.82, 2.24) is 5.32 Å². The van der Waals surface area contributed by atoms with Crippen molar-refractivity contribution in [1.29, 1.82) is 0 Å². The number of hydrogen-bond donors (Lipinski definition) is 1. The Balaban J connectivity index is 1.93. The monoisotopic (exact) mass is 504 g/mol. The van der Waals surface area contributed by atoms with Gasteiger partial charge in [-0.1, -0.05) is 53.5 Å². The number of nitrogens with zero attached hydrogens (tertiary/aromatic N) is 1. The van der Waals surface area contributed by atoms with Crippen LogP contribution in [0.4, 0.5) is 5.69 Å². The maximum Gasteiger partial charge on any atom is 0.264 e. The highest BCUT2D eigenvalue weighted by Crippen LogP contribution is 2.30. The Morgan fingerprint density at radius 1 is 0.909 bits per heavy atom. The van der Waals surface area contributed by atoms with Gasteiger partial charge < -0.3 is 5.32 Å². The molecule has 3 rings (SSSR count). The van der Waals surface area contributed by atoms with Gasteiger partial charge in [0.1, 0.15) is 6.54 Å². The average molecular weight is 505 g/mol. The topological polar surface area (TPSA) is 66.5 Å². The number of sulfonamides is 1. The van der Waals surface area contributed by atoms with Crippen molar-refractivity contribution >= 4 is 44.8 Å². The van der Waals surface area contributed by atoms with Crippen LogP contribution in [-0.2, 0) is 14.8 Å². The van der Waals surface area contributed by atoms with Crippen molar-refractivity contribution in [2.24, 2.45) is 0 Å². The Morgan fingerprint density at radius 3 is 2.09 bits per heavy atom. The lowest BCUT2D eigenvalue weighted by Crippen LogP contribution is -2.41. The number of hydrogen-bond acceptors (Lipinski definition) is 3. The first-order valence-electron chi connectivity index (χ1n) is 10.4. The molecule has 0 aliphatic rings. The van der Waals surface area contributed by atoms with Crippen molar-refractivity contribution in [3.05, 3.63) is 93.0 Å². The summed E-state index contributed by atoms with van der Waals surface area (Å²) in [6.07, 6.45) is 0. The fourth-order valence-corrected chi connectivity index (χ4v) is 5.60. The van der Waals surface area contributed by atoms with Crippen molar-refractivity contribution in [3.63, 3.8) is 0 Å². The molecule has 3 aromatic rings. The van der Waals surface area contributed by atoms with Gasteiger partial charge in [-0.15, -0.1) is 0 Å². The average Bonchev–Trinajstić information content (AvgIpc) is 2.74. The minimum absolute atomic E-state index is 0.0620. The van der Waals surface area contributed by atoms with Crippen LogP contribution in [0.25, 0.3) is 0 Å². The van der Waals surface area contributed by atoms with Crippen molar-refractivity contribution in [2.45, 2.75) is 38.6 Å². The maximum absolute atomic E-state index is 13.4. The molecule has 33 heavy (non-hydrogen) atoms. The molecule has 5 nitrogen and oxygen atoms in total. The third kappa shape index (κ3) is 5.88. The van der Waals surface area contributed by atoms with Crippen LogP contribution in [0, 0.1) is 20.8 Å². The van der Waals surface area contributed by atoms with Crippen LogP contribution in [0.1, 0.15) is 35.2 Å². The molecule has 0 aliphatic carbocycles. The van der Waals surface area contributed by atoms with Gasteiger partial charge in [-0.25, -0.2) is 8.42 Å². The Morgan fingerprint density at radius 2 is 1.48 bits per heavy atom. The number of aryl methyl sites for hydroxylation is 3. The Labute approximate surface area is 205 Å². The summed E-state index contributed by atoms with van der Waals surface area (Å²) in [4.78, 5) is 13.1. The quantitative estimate of drug-likeness (QED) is 0.429. The number of amides is 1. The molecule has 3 aromatic carbocycles. The second-order valence-corrected chi connectivity index (χ2v) is 10.8. The minimum atomic E-state index is -4.05. The number of nitrogens with one attached hydrogen (secondary N) is 1. The molecule has 0 aliphatic heterocycles. The Kier molecular flexibility index (Phi) is 7.73. The molecular weight excluding hydrogens is 479 g/mol. The molecule has 0 spiro atoms. The van der Waals surface area contributed by atoms with Crippen molar-refractivity contribution in [2.75, 3.05) is 10.8 Å². The zero-order chi connectivity index (χ0) is 24.3. The predicted molar refractivity (Wildman–Crippen MR) is 135 cm³/mol. The van der Waals surface area contributed by atoms with E-state index in [9.17, 15) is 13.2 Å². The summed E-state index contributed by atoms with van der Waals surface area (Å²) in [6.45, 7) is 7.50. The summed E-state index contributed by atoms with van der Waals surface area (Å²) in [5.74, 6) is -0.448. The molecule has 0 unspecified atom stereocenters. The van der Waals surface area contributed by atoms with Gasteiger partial charge in [0, 0.05) is 10.0 Å². The van der Waals surface area contributed by atoms with Gasteiger partial charge in [-0.2, -0.15) is 0 Å². The fraction of sp³-hybridized carbons (Fsp3) is 0.240. The molecule has 0 fully saturated rings. The van der Waals surface area contributed by atoms with Gasteiger partial charge in [0.15, 0.2) is 0 Å². The van der Waals surface area contributed by atoms with E-state index < -0.39 is 22.5 Å². The normalized spacial score (nSPS) is 12.3. The number of carbonyl (C=O) groups is 1. The second-order valence-electron chi connectivity index (χ2n) is 8.03. The lowest BCUT2D eigenvalue weighted by molar-refractivity contribution is -0.120. The summed E-state index contributed by atoms with van der Waals surface area (Å²) < 4.78 is 27.9. The smallest absolute Gasteiger partial charge is 0.264 e. The molecule has 174 valence electrons. The largest absolute Gasteiger partial charge is 0.348 e. The van der Waals surface area contributed by atoms with Gasteiger partial charge in [0.2, 0.25) is 5.91 Å². The molecular formula is C25H26Cl2N2O3S. The first-order chi connectivity index (χ1) is 15.5. The zero-order valence-corrected chi connectivity index (χ0v) is 21.2. The molecule has 0 heterocycles. The van der Waals surface area contributed by atoms with Gasteiger partial charge in [-0.3, -0.25) is 9.10 Å². The fourth-order valence-electron chi connectivity index (χ4n) is 3.66. The second kappa shape index (κ2) is 10.2. The summed E-state index contributed by atoms with van der Waals surface area (Å²) in [5, 5.41) is 3.46. The van der Waals surface area contributed by atoms with E-state index in [1.165, 1.54) is 35.9 Å². The van der Waals surface area contributed by atoms with Crippen LogP contribution in [0.2, 0.25) is 10.0 Å². The number of halogens is 2. The van der Waals surface area contributed by atoms with E-state index in [-0.39, 0.29) is 26.7 Å². The summed E-state index contributed by atoms with van der Waals surface area (Å²) >= 11 is 12.3. The van der Waals surface area contributed by atoms with Crippen LogP contribution in [0.5, 0.6) is 0 Å². The van der Waals surface area contributed by atoms with Gasteiger partial charge in [-0.05, 0) is 80.3 Å². The van der Waals surface area contributed by atoms with E-state index >= 15 is 0 Å². The number of rotatable bonds is 7. The van der Waals surface area contributed by atoms with Gasteiger partial charge in [0.25, 0.3) is 10.0 Å². The molecule has 0 aromatic heterocycles. The first-order valence-corrected chi connectivity index (χ1v) is 12.6. The van der Waals surface area contributed by atoms with Crippen molar-refractivity contribution < 1.29 is 13.2 Å². The highest BCUT2D eigenvalue weighted by atomic mass is 35.5. The molecule has 0 saturated heterocycles. The molecule has 1 N–H and O–H groups in total. The van der Waals surface area contributed by atoms with Gasteiger partial charge >= 0.3 is 0 Å². The van der Waals surface area contributed by atoms with E-state index in [2.05, 4.69) is 11.4 Å². The summed E-state index contributed by atoms with van der Waals surface area (Å²) in [5.41, 5.74) is 4.55. The highest BCUT2D eigenvalue weighted by molar-refractivity contribution is 7.92. The number of carbonyl (C=O) groups excluding carboxylic acids is 1. The molecule has 0 radical (unpaired) electrons. The van der Waals surface area contributed by atoms with Crippen LogP contribution < -0.4 is 9.62 Å². The molecule has 8 heteroatoms. The van der Waals surface area contributed by atoms with Crippen LogP contribution in [-0.4, -0.2) is 20.9 Å². The zero-order valence-electron chi connectivity index (χ0n) is 18.9. The van der Waals surface area contributed by atoms with E-state index in [1.54, 1.807) is 18.2 Å². The van der Waals surface area contributed by atoms with Gasteiger partial charge in [0.05, 0.1) is 16.6 Å². The van der Waals surface area contributed by atoms with E-state index in [1.807, 2.05) is 33.8 Å². The van der Waals surface area contributed by atoms with E-state index in [0.717, 1.165) is 21.0 Å². The number of anilines is 1. The Hall–Kier alpha value is -2.54. The van der Waals surface area contributed by atoms with Crippen molar-refractivity contribution in [3.8, 4) is 0 Å². The summed E-state index contributed by atoms with van der Waals surface area (Å²) in [6, 6.07) is 16.2. The lowest BCUT2D eigenvalue weighted by Gasteiger charge is -2.26. The van der Waals surface area contributed by atoms with Crippen LogP contribution in [0.3, 0.4) is 0 Å². The standard InChI is InChI=1S/C25H26Cl2N2O3S/c1-16-10-18(3)24(11-17(16)2)19(4)28-25(30)15-29(22-13-20(26)12-21(27)14-22)33(31,32)23-8-6-5-7-9-23/h5-14,19H,15H2,1-4H3,(H,28,30)/t19-/m1/s1. The highest BCUT2D eigenvalue weighted by Gasteiger charge is 2.28. The number of benzene rings is 3. The maximum atomic E-state index is 13.4. The minimum Gasteiger partial charge on any atom is -0.348 e. The SMILES string of the molecule is Cc1cc(C)c([C@@H](C)NC(=O)CN(c2cc(Cl)cc(Cl)c2)S(=O)(=O)c2ccccc2)cc1C. The lowest BCUT2D eigenvalue weighted by atomic mass is 9.96. The third-order valence-electron chi connectivity index (χ3n) is 5.48. The Bertz CT molecular complexity index is 1260. The molecule has 0 bridgehead atoms. The summed E-state index contributed by atoms with van der Waals surface area (Å²) in [7, 11) is -4.05.